The summed E-state index contributed by atoms with van der Waals surface area (Å²) in [6.45, 7) is 5.67. The minimum atomic E-state index is -0.524. The number of carbonyl (C=O) groups excluding carboxylic acids is 1. The molecule has 0 aliphatic rings. The van der Waals surface area contributed by atoms with Crippen LogP contribution in [0.2, 0.25) is 0 Å². The Morgan fingerprint density at radius 1 is 1.30 bits per heavy atom. The number of aromatic nitrogens is 3. The van der Waals surface area contributed by atoms with Crippen molar-refractivity contribution in [2.75, 3.05) is 5.32 Å². The van der Waals surface area contributed by atoms with Gasteiger partial charge in [0, 0.05) is 11.1 Å². The second-order valence-electron chi connectivity index (χ2n) is 6.30. The molecule has 8 heteroatoms. The van der Waals surface area contributed by atoms with E-state index in [2.05, 4.69) is 22.3 Å². The summed E-state index contributed by atoms with van der Waals surface area (Å²) in [4.78, 5) is 17.7. The van der Waals surface area contributed by atoms with Gasteiger partial charge in [-0.05, 0) is 44.9 Å². The molecule has 1 amide bonds. The maximum absolute atomic E-state index is 13.9. The van der Waals surface area contributed by atoms with Crippen LogP contribution in [-0.2, 0) is 13.0 Å². The number of thiazole rings is 1. The van der Waals surface area contributed by atoms with E-state index in [9.17, 15) is 13.6 Å². The van der Waals surface area contributed by atoms with Crippen molar-refractivity contribution in [2.45, 2.75) is 40.2 Å². The second-order valence-corrected chi connectivity index (χ2v) is 7.38. The highest BCUT2D eigenvalue weighted by molar-refractivity contribution is 7.13. The highest BCUT2D eigenvalue weighted by Gasteiger charge is 2.19. The van der Waals surface area contributed by atoms with Crippen molar-refractivity contribution in [3.05, 3.63) is 62.7 Å². The molecule has 0 saturated heterocycles. The van der Waals surface area contributed by atoms with Gasteiger partial charge in [-0.15, -0.1) is 11.3 Å². The number of rotatable bonds is 6. The molecule has 3 rings (SSSR count). The molecule has 1 aromatic carbocycles. The van der Waals surface area contributed by atoms with Gasteiger partial charge in [-0.2, -0.15) is 5.10 Å². The third-order valence-corrected chi connectivity index (χ3v) is 5.31. The Morgan fingerprint density at radius 2 is 2.07 bits per heavy atom. The fraction of sp³-hybridized carbons (Fsp3) is 0.316. The van der Waals surface area contributed by atoms with Crippen LogP contribution >= 0.6 is 11.3 Å². The summed E-state index contributed by atoms with van der Waals surface area (Å²) in [5.41, 5.74) is 1.57. The quantitative estimate of drug-likeness (QED) is 0.675. The van der Waals surface area contributed by atoms with Crippen molar-refractivity contribution < 1.29 is 13.6 Å². The van der Waals surface area contributed by atoms with Gasteiger partial charge < -0.3 is 5.32 Å². The van der Waals surface area contributed by atoms with E-state index in [0.29, 0.717) is 16.4 Å². The number of hydrogen-bond donors (Lipinski definition) is 1. The molecule has 3 aromatic rings. The molecule has 2 heterocycles. The minimum absolute atomic E-state index is 0.00973. The van der Waals surface area contributed by atoms with Crippen molar-refractivity contribution in [1.82, 2.24) is 14.8 Å². The standard InChI is InChI=1S/C19H20F2N4OS/c1-4-5-16-23-12(3)17(27-16)19(26)24-18-11(2)9-22-25(18)10-13-8-14(20)6-7-15(13)21/h6-9H,4-5,10H2,1-3H3,(H,24,26). The first kappa shape index (κ1) is 19.2. The lowest BCUT2D eigenvalue weighted by molar-refractivity contribution is 0.102. The van der Waals surface area contributed by atoms with E-state index in [0.717, 1.165) is 41.6 Å². The molecular weight excluding hydrogens is 370 g/mol. The molecule has 5 nitrogen and oxygen atoms in total. The van der Waals surface area contributed by atoms with Crippen LogP contribution in [0.4, 0.5) is 14.6 Å². The molecule has 0 radical (unpaired) electrons. The molecule has 0 aliphatic carbocycles. The van der Waals surface area contributed by atoms with Crippen LogP contribution < -0.4 is 5.32 Å². The maximum atomic E-state index is 13.9. The van der Waals surface area contributed by atoms with Crippen molar-refractivity contribution in [2.24, 2.45) is 0 Å². The number of hydrogen-bond acceptors (Lipinski definition) is 4. The first-order valence-corrected chi connectivity index (χ1v) is 9.44. The SMILES string of the molecule is CCCc1nc(C)c(C(=O)Nc2c(C)cnn2Cc2cc(F)ccc2F)s1. The average Bonchev–Trinajstić information content (AvgIpc) is 3.15. The van der Waals surface area contributed by atoms with Crippen LogP contribution in [0.3, 0.4) is 0 Å². The molecule has 0 saturated carbocycles. The van der Waals surface area contributed by atoms with Gasteiger partial charge in [0.15, 0.2) is 0 Å². The van der Waals surface area contributed by atoms with Crippen LogP contribution in [0.5, 0.6) is 0 Å². The van der Waals surface area contributed by atoms with Gasteiger partial charge in [0.2, 0.25) is 0 Å². The molecule has 0 bridgehead atoms. The van der Waals surface area contributed by atoms with E-state index in [1.54, 1.807) is 20.0 Å². The number of amides is 1. The van der Waals surface area contributed by atoms with Gasteiger partial charge in [0.1, 0.15) is 22.3 Å². The molecule has 0 unspecified atom stereocenters. The summed E-state index contributed by atoms with van der Waals surface area (Å²) >= 11 is 1.37. The number of nitrogens with zero attached hydrogens (tertiary/aromatic N) is 3. The Bertz CT molecular complexity index is 980. The first-order valence-electron chi connectivity index (χ1n) is 8.63. The molecule has 0 atom stereocenters. The molecular formula is C19H20F2N4OS. The van der Waals surface area contributed by atoms with Gasteiger partial charge >= 0.3 is 0 Å². The predicted molar refractivity (Wildman–Crippen MR) is 101 cm³/mol. The number of aryl methyl sites for hydroxylation is 3. The van der Waals surface area contributed by atoms with E-state index in [-0.39, 0.29) is 18.0 Å². The predicted octanol–water partition coefficient (Wildman–Crippen LogP) is 4.49. The fourth-order valence-corrected chi connectivity index (χ4v) is 3.80. The van der Waals surface area contributed by atoms with E-state index < -0.39 is 11.6 Å². The van der Waals surface area contributed by atoms with Gasteiger partial charge in [-0.1, -0.05) is 6.92 Å². The minimum Gasteiger partial charge on any atom is -0.306 e. The van der Waals surface area contributed by atoms with Gasteiger partial charge in [-0.3, -0.25) is 4.79 Å². The molecule has 27 heavy (non-hydrogen) atoms. The third-order valence-electron chi connectivity index (χ3n) is 4.09. The van der Waals surface area contributed by atoms with Gasteiger partial charge in [-0.25, -0.2) is 18.4 Å². The lowest BCUT2D eigenvalue weighted by Gasteiger charge is -2.11. The second kappa shape index (κ2) is 7.96. The van der Waals surface area contributed by atoms with E-state index in [4.69, 9.17) is 0 Å². The maximum Gasteiger partial charge on any atom is 0.268 e. The fourth-order valence-electron chi connectivity index (χ4n) is 2.74. The van der Waals surface area contributed by atoms with Crippen molar-refractivity contribution in [1.29, 1.82) is 0 Å². The van der Waals surface area contributed by atoms with E-state index >= 15 is 0 Å². The van der Waals surface area contributed by atoms with E-state index in [1.165, 1.54) is 16.0 Å². The summed E-state index contributed by atoms with van der Waals surface area (Å²) in [7, 11) is 0. The Labute approximate surface area is 160 Å². The van der Waals surface area contributed by atoms with Crippen molar-refractivity contribution in [3.63, 3.8) is 0 Å². The average molecular weight is 390 g/mol. The number of anilines is 1. The summed E-state index contributed by atoms with van der Waals surface area (Å²) in [6.07, 6.45) is 3.36. The van der Waals surface area contributed by atoms with Crippen LogP contribution in [0.15, 0.2) is 24.4 Å². The van der Waals surface area contributed by atoms with Crippen LogP contribution in [0.1, 0.15) is 44.8 Å². The highest BCUT2D eigenvalue weighted by atomic mass is 32.1. The Hall–Kier alpha value is -2.61. The number of nitrogens with one attached hydrogen (secondary N) is 1. The Morgan fingerprint density at radius 3 is 2.81 bits per heavy atom. The number of carbonyl (C=O) groups is 1. The van der Waals surface area contributed by atoms with Crippen molar-refractivity contribution in [3.8, 4) is 0 Å². The number of halogens is 2. The van der Waals surface area contributed by atoms with Gasteiger partial charge in [0.25, 0.3) is 5.91 Å². The van der Waals surface area contributed by atoms with Gasteiger partial charge in [0.05, 0.1) is 23.4 Å². The lowest BCUT2D eigenvalue weighted by atomic mass is 10.2. The Balaban J connectivity index is 1.84. The van der Waals surface area contributed by atoms with Crippen LogP contribution in [0.25, 0.3) is 0 Å². The highest BCUT2D eigenvalue weighted by Crippen LogP contribution is 2.23. The largest absolute Gasteiger partial charge is 0.306 e. The number of benzene rings is 1. The Kier molecular flexibility index (Phi) is 5.65. The summed E-state index contributed by atoms with van der Waals surface area (Å²) in [5.74, 6) is -0.876. The smallest absolute Gasteiger partial charge is 0.268 e. The zero-order valence-corrected chi connectivity index (χ0v) is 16.2. The topological polar surface area (TPSA) is 59.8 Å². The molecule has 0 spiro atoms. The lowest BCUT2D eigenvalue weighted by Crippen LogP contribution is -2.17. The molecule has 2 aromatic heterocycles. The molecule has 0 fully saturated rings. The summed E-state index contributed by atoms with van der Waals surface area (Å²) < 4.78 is 28.8. The normalized spacial score (nSPS) is 11.0. The molecule has 1 N–H and O–H groups in total. The monoisotopic (exact) mass is 390 g/mol. The zero-order chi connectivity index (χ0) is 19.6. The first-order chi connectivity index (χ1) is 12.9. The van der Waals surface area contributed by atoms with E-state index in [1.807, 2.05) is 0 Å². The third kappa shape index (κ3) is 4.21. The van der Waals surface area contributed by atoms with Crippen LogP contribution in [0, 0.1) is 25.5 Å². The summed E-state index contributed by atoms with van der Waals surface area (Å²) in [6, 6.07) is 3.27. The van der Waals surface area contributed by atoms with Crippen molar-refractivity contribution >= 4 is 23.1 Å². The molecule has 142 valence electrons. The van der Waals surface area contributed by atoms with Crippen LogP contribution in [-0.4, -0.2) is 20.7 Å². The molecule has 0 aliphatic heterocycles. The summed E-state index contributed by atoms with van der Waals surface area (Å²) in [5, 5.41) is 7.95. The zero-order valence-electron chi connectivity index (χ0n) is 15.3.